The normalized spacial score (nSPS) is 11.8. The minimum Gasteiger partial charge on any atom is -0.504 e. The Morgan fingerprint density at radius 2 is 1.76 bits per heavy atom. The van der Waals surface area contributed by atoms with Crippen LogP contribution in [0.4, 0.5) is 23.0 Å². The molecular formula is C17H20BrN5O3S3. The number of sulfonamides is 1. The van der Waals surface area contributed by atoms with Crippen molar-refractivity contribution < 1.29 is 13.5 Å². The zero-order valence-electron chi connectivity index (χ0n) is 15.9. The lowest BCUT2D eigenvalue weighted by atomic mass is 10.3. The van der Waals surface area contributed by atoms with Crippen LogP contribution in [0.25, 0.3) is 0 Å². The maximum Gasteiger partial charge on any atom is 0.256 e. The Morgan fingerprint density at radius 1 is 1.14 bits per heavy atom. The molecule has 2 heterocycles. The van der Waals surface area contributed by atoms with Crippen molar-refractivity contribution in [3.63, 3.8) is 0 Å². The SMILES string of the molecule is CCN(CC)S(=O)(=O)c1sc(C)c(Nc2nsnc2Nc2ccccc2Br)c1O. The maximum atomic E-state index is 12.8. The number of rotatable bonds is 8. The van der Waals surface area contributed by atoms with E-state index in [9.17, 15) is 13.5 Å². The molecule has 0 saturated carbocycles. The Labute approximate surface area is 186 Å². The molecule has 29 heavy (non-hydrogen) atoms. The van der Waals surface area contributed by atoms with Crippen LogP contribution in [0.5, 0.6) is 5.75 Å². The molecule has 8 nitrogen and oxygen atoms in total. The summed E-state index contributed by atoms with van der Waals surface area (Å²) >= 11 is 5.50. The van der Waals surface area contributed by atoms with Crippen molar-refractivity contribution >= 4 is 72.0 Å². The molecule has 0 saturated heterocycles. The zero-order chi connectivity index (χ0) is 21.2. The summed E-state index contributed by atoms with van der Waals surface area (Å²) in [6.07, 6.45) is 0. The third kappa shape index (κ3) is 4.40. The van der Waals surface area contributed by atoms with E-state index in [1.165, 1.54) is 4.31 Å². The summed E-state index contributed by atoms with van der Waals surface area (Å²) in [5, 5.41) is 16.9. The summed E-state index contributed by atoms with van der Waals surface area (Å²) in [7, 11) is -3.77. The average Bonchev–Trinajstić information content (AvgIpc) is 3.24. The molecule has 0 aliphatic carbocycles. The molecule has 3 aromatic rings. The molecule has 156 valence electrons. The molecule has 3 rings (SSSR count). The highest BCUT2D eigenvalue weighted by molar-refractivity contribution is 9.10. The van der Waals surface area contributed by atoms with E-state index < -0.39 is 10.0 Å². The number of para-hydroxylation sites is 1. The van der Waals surface area contributed by atoms with Gasteiger partial charge in [0.25, 0.3) is 10.0 Å². The molecule has 0 spiro atoms. The predicted octanol–water partition coefficient (Wildman–Crippen LogP) is 4.89. The summed E-state index contributed by atoms with van der Waals surface area (Å²) in [5.41, 5.74) is 1.11. The topological polar surface area (TPSA) is 107 Å². The quantitative estimate of drug-likeness (QED) is 0.390. The lowest BCUT2D eigenvalue weighted by Gasteiger charge is -2.17. The lowest BCUT2D eigenvalue weighted by Crippen LogP contribution is -2.30. The minimum atomic E-state index is -3.77. The highest BCUT2D eigenvalue weighted by Crippen LogP contribution is 2.44. The van der Waals surface area contributed by atoms with Crippen LogP contribution in [0.15, 0.2) is 32.9 Å². The molecule has 0 fully saturated rings. The first-order valence-corrected chi connectivity index (χ1v) is 12.5. The van der Waals surface area contributed by atoms with Gasteiger partial charge in [0.1, 0.15) is 0 Å². The largest absolute Gasteiger partial charge is 0.504 e. The van der Waals surface area contributed by atoms with Crippen LogP contribution in [0.2, 0.25) is 0 Å². The number of anilines is 4. The van der Waals surface area contributed by atoms with Crippen LogP contribution in [0.3, 0.4) is 0 Å². The van der Waals surface area contributed by atoms with Crippen molar-refractivity contribution in [3.8, 4) is 5.75 Å². The molecule has 0 aliphatic rings. The second-order valence-electron chi connectivity index (χ2n) is 5.95. The summed E-state index contributed by atoms with van der Waals surface area (Å²) < 4.78 is 36.2. The monoisotopic (exact) mass is 517 g/mol. The minimum absolute atomic E-state index is 0.0790. The van der Waals surface area contributed by atoms with Crippen molar-refractivity contribution in [2.24, 2.45) is 0 Å². The molecule has 0 amide bonds. The molecule has 0 bridgehead atoms. The summed E-state index contributed by atoms with van der Waals surface area (Å²) in [5.74, 6) is 0.563. The summed E-state index contributed by atoms with van der Waals surface area (Å²) in [6.45, 7) is 5.92. The Balaban J connectivity index is 1.93. The fourth-order valence-electron chi connectivity index (χ4n) is 2.67. The molecule has 1 aromatic carbocycles. The molecule has 0 atom stereocenters. The average molecular weight is 518 g/mol. The number of aromatic hydroxyl groups is 1. The Kier molecular flexibility index (Phi) is 6.79. The van der Waals surface area contributed by atoms with Gasteiger partial charge < -0.3 is 15.7 Å². The van der Waals surface area contributed by atoms with Crippen molar-refractivity contribution in [1.29, 1.82) is 0 Å². The first kappa shape index (κ1) is 22.0. The van der Waals surface area contributed by atoms with E-state index in [0.717, 1.165) is 33.2 Å². The second kappa shape index (κ2) is 8.96. The van der Waals surface area contributed by atoms with Gasteiger partial charge in [0.2, 0.25) is 0 Å². The Morgan fingerprint density at radius 3 is 2.38 bits per heavy atom. The number of hydrogen-bond acceptors (Lipinski definition) is 9. The summed E-state index contributed by atoms with van der Waals surface area (Å²) in [4.78, 5) is 0.632. The first-order chi connectivity index (χ1) is 13.8. The van der Waals surface area contributed by atoms with Gasteiger partial charge in [0.05, 0.1) is 23.1 Å². The third-order valence-corrected chi connectivity index (χ3v) is 9.02. The molecule has 3 N–H and O–H groups in total. The van der Waals surface area contributed by atoms with Gasteiger partial charge >= 0.3 is 0 Å². The van der Waals surface area contributed by atoms with Crippen LogP contribution in [-0.4, -0.2) is 39.7 Å². The molecule has 0 unspecified atom stereocenters. The number of aryl methyl sites for hydroxylation is 1. The highest BCUT2D eigenvalue weighted by atomic mass is 79.9. The third-order valence-electron chi connectivity index (χ3n) is 4.17. The molecule has 0 aliphatic heterocycles. The van der Waals surface area contributed by atoms with Crippen LogP contribution in [0.1, 0.15) is 18.7 Å². The van der Waals surface area contributed by atoms with E-state index in [1.807, 2.05) is 24.3 Å². The van der Waals surface area contributed by atoms with Gasteiger partial charge in [-0.1, -0.05) is 26.0 Å². The van der Waals surface area contributed by atoms with Gasteiger partial charge in [-0.15, -0.1) is 11.3 Å². The van der Waals surface area contributed by atoms with Gasteiger partial charge in [-0.25, -0.2) is 8.42 Å². The summed E-state index contributed by atoms with van der Waals surface area (Å²) in [6, 6.07) is 7.57. The van der Waals surface area contributed by atoms with Crippen LogP contribution < -0.4 is 10.6 Å². The molecule has 2 aromatic heterocycles. The van der Waals surface area contributed by atoms with Crippen molar-refractivity contribution in [2.75, 3.05) is 23.7 Å². The van der Waals surface area contributed by atoms with E-state index in [0.29, 0.717) is 35.3 Å². The van der Waals surface area contributed by atoms with E-state index in [2.05, 4.69) is 35.3 Å². The van der Waals surface area contributed by atoms with Gasteiger partial charge in [-0.3, -0.25) is 0 Å². The fraction of sp³-hybridized carbons (Fsp3) is 0.294. The first-order valence-electron chi connectivity index (χ1n) is 8.73. The van der Waals surface area contributed by atoms with E-state index in [4.69, 9.17) is 0 Å². The van der Waals surface area contributed by atoms with Crippen molar-refractivity contribution in [2.45, 2.75) is 25.0 Å². The Hall–Kier alpha value is -1.73. The zero-order valence-corrected chi connectivity index (χ0v) is 20.0. The maximum absolute atomic E-state index is 12.8. The van der Waals surface area contributed by atoms with E-state index in [-0.39, 0.29) is 9.96 Å². The van der Waals surface area contributed by atoms with Crippen molar-refractivity contribution in [1.82, 2.24) is 13.1 Å². The number of thiophene rings is 1. The number of benzene rings is 1. The smallest absolute Gasteiger partial charge is 0.256 e. The second-order valence-corrected chi connectivity index (χ2v) is 10.7. The van der Waals surface area contributed by atoms with Gasteiger partial charge in [-0.05, 0) is 35.0 Å². The van der Waals surface area contributed by atoms with Crippen molar-refractivity contribution in [3.05, 3.63) is 33.6 Å². The number of aromatic nitrogens is 2. The van der Waals surface area contributed by atoms with E-state index in [1.54, 1.807) is 20.8 Å². The van der Waals surface area contributed by atoms with Crippen LogP contribution in [0, 0.1) is 6.92 Å². The number of nitrogens with one attached hydrogen (secondary N) is 2. The standard InChI is InChI=1S/C17H20BrN5O3S3/c1-4-23(5-2)29(25,26)17-14(24)13(10(3)27-17)20-16-15(21-28-22-16)19-12-9-7-6-8-11(12)18/h6-9,24H,4-5H2,1-3H3,(H,19,21)(H,20,22). The molecular weight excluding hydrogens is 498 g/mol. The predicted molar refractivity (Wildman–Crippen MR) is 121 cm³/mol. The Bertz CT molecular complexity index is 1110. The van der Waals surface area contributed by atoms with Gasteiger partial charge in [0.15, 0.2) is 21.6 Å². The fourth-order valence-corrected chi connectivity index (χ4v) is 6.62. The van der Waals surface area contributed by atoms with Crippen LogP contribution >= 0.6 is 39.0 Å². The number of nitrogens with zero attached hydrogens (tertiary/aromatic N) is 3. The lowest BCUT2D eigenvalue weighted by molar-refractivity contribution is 0.434. The van der Waals surface area contributed by atoms with Gasteiger partial charge in [-0.2, -0.15) is 13.1 Å². The highest BCUT2D eigenvalue weighted by Gasteiger charge is 2.30. The molecule has 12 heteroatoms. The van der Waals surface area contributed by atoms with Crippen LogP contribution in [-0.2, 0) is 10.0 Å². The number of halogens is 1. The van der Waals surface area contributed by atoms with E-state index >= 15 is 0 Å². The van der Waals surface area contributed by atoms with Gasteiger partial charge in [0, 0.05) is 22.4 Å². The molecule has 0 radical (unpaired) electrons. The number of hydrogen-bond donors (Lipinski definition) is 3.